The predicted octanol–water partition coefficient (Wildman–Crippen LogP) is 2.10. The molecule has 122 valence electrons. The Morgan fingerprint density at radius 2 is 2.09 bits per heavy atom. The molecule has 1 fully saturated rings. The molecule has 6 heteroatoms. The summed E-state index contributed by atoms with van der Waals surface area (Å²) in [5.41, 5.74) is 2.13. The number of aryl methyl sites for hydroxylation is 1. The molecular weight excluding hydrogens is 292 g/mol. The minimum Gasteiger partial charge on any atom is -0.347 e. The number of likely N-dealkylation sites (N-methyl/N-ethyl adjacent to an activating group) is 1. The van der Waals surface area contributed by atoms with E-state index in [0.29, 0.717) is 18.3 Å². The van der Waals surface area contributed by atoms with E-state index in [4.69, 9.17) is 4.52 Å². The summed E-state index contributed by atoms with van der Waals surface area (Å²) in [6.07, 6.45) is 1.90. The van der Waals surface area contributed by atoms with Gasteiger partial charge in [0.2, 0.25) is 17.6 Å². The van der Waals surface area contributed by atoms with E-state index in [9.17, 15) is 4.79 Å². The van der Waals surface area contributed by atoms with Crippen LogP contribution in [0.2, 0.25) is 0 Å². The maximum atomic E-state index is 12.2. The van der Waals surface area contributed by atoms with Crippen LogP contribution in [0, 0.1) is 6.92 Å². The van der Waals surface area contributed by atoms with Gasteiger partial charge in [0, 0.05) is 19.7 Å². The second kappa shape index (κ2) is 6.50. The van der Waals surface area contributed by atoms with E-state index in [-0.39, 0.29) is 11.9 Å². The SMILES string of the molecule is Cc1ccc(-c2noc(CN3CCCC3C(=O)N(C)C)n2)cc1. The van der Waals surface area contributed by atoms with Crippen molar-refractivity contribution in [3.8, 4) is 11.4 Å². The molecule has 23 heavy (non-hydrogen) atoms. The quantitative estimate of drug-likeness (QED) is 0.865. The highest BCUT2D eigenvalue weighted by atomic mass is 16.5. The first-order valence-corrected chi connectivity index (χ1v) is 7.89. The predicted molar refractivity (Wildman–Crippen MR) is 86.6 cm³/mol. The van der Waals surface area contributed by atoms with E-state index < -0.39 is 0 Å². The summed E-state index contributed by atoms with van der Waals surface area (Å²) in [5.74, 6) is 1.29. The van der Waals surface area contributed by atoms with Crippen molar-refractivity contribution in [3.63, 3.8) is 0 Å². The summed E-state index contributed by atoms with van der Waals surface area (Å²) >= 11 is 0. The third-order valence-electron chi connectivity index (χ3n) is 4.21. The molecule has 0 bridgehead atoms. The lowest BCUT2D eigenvalue weighted by molar-refractivity contribution is -0.133. The molecule has 1 aromatic carbocycles. The number of hydrogen-bond donors (Lipinski definition) is 0. The Morgan fingerprint density at radius 3 is 2.78 bits per heavy atom. The molecular formula is C17H22N4O2. The van der Waals surface area contributed by atoms with Gasteiger partial charge in [0.25, 0.3) is 0 Å². The Hall–Kier alpha value is -2.21. The van der Waals surface area contributed by atoms with E-state index in [1.807, 2.05) is 31.2 Å². The van der Waals surface area contributed by atoms with Crippen molar-refractivity contribution in [2.75, 3.05) is 20.6 Å². The van der Waals surface area contributed by atoms with Gasteiger partial charge in [-0.05, 0) is 26.3 Å². The van der Waals surface area contributed by atoms with Crippen molar-refractivity contribution >= 4 is 5.91 Å². The topological polar surface area (TPSA) is 62.5 Å². The number of likely N-dealkylation sites (tertiary alicyclic amines) is 1. The number of hydrogen-bond acceptors (Lipinski definition) is 5. The Labute approximate surface area is 136 Å². The van der Waals surface area contributed by atoms with Crippen molar-refractivity contribution < 1.29 is 9.32 Å². The van der Waals surface area contributed by atoms with Gasteiger partial charge in [-0.2, -0.15) is 4.98 Å². The van der Waals surface area contributed by atoms with Gasteiger partial charge in [-0.3, -0.25) is 9.69 Å². The Bertz CT molecular complexity index is 678. The minimum absolute atomic E-state index is 0.0836. The zero-order chi connectivity index (χ0) is 16.4. The zero-order valence-corrected chi connectivity index (χ0v) is 13.8. The normalized spacial score (nSPS) is 18.3. The van der Waals surface area contributed by atoms with Crippen molar-refractivity contribution in [2.24, 2.45) is 0 Å². The summed E-state index contributed by atoms with van der Waals surface area (Å²) in [5, 5.41) is 4.06. The largest absolute Gasteiger partial charge is 0.347 e. The molecule has 1 aliphatic rings. The van der Waals surface area contributed by atoms with Crippen LogP contribution in [0.15, 0.2) is 28.8 Å². The van der Waals surface area contributed by atoms with Crippen LogP contribution in [-0.2, 0) is 11.3 Å². The molecule has 0 saturated carbocycles. The molecule has 1 unspecified atom stereocenters. The zero-order valence-electron chi connectivity index (χ0n) is 13.8. The molecule has 0 aliphatic carbocycles. The molecule has 1 amide bonds. The molecule has 0 spiro atoms. The van der Waals surface area contributed by atoms with Crippen LogP contribution in [-0.4, -0.2) is 52.5 Å². The highest BCUT2D eigenvalue weighted by molar-refractivity contribution is 5.81. The standard InChI is InChI=1S/C17H22N4O2/c1-12-6-8-13(9-7-12)16-18-15(23-19-16)11-21-10-4-5-14(21)17(22)20(2)3/h6-9,14H,4-5,10-11H2,1-3H3. The van der Waals surface area contributed by atoms with Gasteiger partial charge in [-0.15, -0.1) is 0 Å². The third kappa shape index (κ3) is 3.42. The Balaban J connectivity index is 1.71. The Kier molecular flexibility index (Phi) is 4.43. The van der Waals surface area contributed by atoms with Crippen LogP contribution in [0.1, 0.15) is 24.3 Å². The lowest BCUT2D eigenvalue weighted by Gasteiger charge is -2.24. The van der Waals surface area contributed by atoms with Gasteiger partial charge >= 0.3 is 0 Å². The highest BCUT2D eigenvalue weighted by Crippen LogP contribution is 2.22. The summed E-state index contributed by atoms with van der Waals surface area (Å²) in [6.45, 7) is 3.44. The lowest BCUT2D eigenvalue weighted by Crippen LogP contribution is -2.42. The fourth-order valence-corrected chi connectivity index (χ4v) is 2.91. The number of nitrogens with zero attached hydrogens (tertiary/aromatic N) is 4. The van der Waals surface area contributed by atoms with Gasteiger partial charge in [-0.25, -0.2) is 0 Å². The molecule has 3 rings (SSSR count). The van der Waals surface area contributed by atoms with Crippen LogP contribution in [0.5, 0.6) is 0 Å². The summed E-state index contributed by atoms with van der Waals surface area (Å²) in [7, 11) is 3.59. The van der Waals surface area contributed by atoms with Crippen LogP contribution >= 0.6 is 0 Å². The van der Waals surface area contributed by atoms with E-state index in [2.05, 4.69) is 15.0 Å². The lowest BCUT2D eigenvalue weighted by atomic mass is 10.1. The molecule has 2 heterocycles. The molecule has 6 nitrogen and oxygen atoms in total. The van der Waals surface area contributed by atoms with E-state index in [0.717, 1.165) is 24.9 Å². The maximum absolute atomic E-state index is 12.2. The monoisotopic (exact) mass is 314 g/mol. The van der Waals surface area contributed by atoms with Gasteiger partial charge in [-0.1, -0.05) is 35.0 Å². The number of amides is 1. The summed E-state index contributed by atoms with van der Waals surface area (Å²) in [6, 6.07) is 7.94. The maximum Gasteiger partial charge on any atom is 0.241 e. The van der Waals surface area contributed by atoms with Gasteiger partial charge < -0.3 is 9.42 Å². The van der Waals surface area contributed by atoms with Crippen LogP contribution in [0.3, 0.4) is 0 Å². The first-order valence-electron chi connectivity index (χ1n) is 7.89. The van der Waals surface area contributed by atoms with Crippen LogP contribution in [0.25, 0.3) is 11.4 Å². The number of carbonyl (C=O) groups is 1. The average Bonchev–Trinajstić information content (AvgIpc) is 3.17. The van der Waals surface area contributed by atoms with E-state index >= 15 is 0 Å². The molecule has 2 aromatic rings. The first kappa shape index (κ1) is 15.7. The summed E-state index contributed by atoms with van der Waals surface area (Å²) < 4.78 is 5.37. The smallest absolute Gasteiger partial charge is 0.241 e. The second-order valence-corrected chi connectivity index (χ2v) is 6.24. The number of carbonyl (C=O) groups excluding carboxylic acids is 1. The van der Waals surface area contributed by atoms with Crippen molar-refractivity contribution in [2.45, 2.75) is 32.4 Å². The molecule has 1 atom stereocenters. The van der Waals surface area contributed by atoms with E-state index in [1.54, 1.807) is 19.0 Å². The van der Waals surface area contributed by atoms with Gasteiger partial charge in [0.1, 0.15) is 0 Å². The molecule has 0 N–H and O–H groups in total. The number of rotatable bonds is 4. The van der Waals surface area contributed by atoms with Crippen molar-refractivity contribution in [3.05, 3.63) is 35.7 Å². The van der Waals surface area contributed by atoms with E-state index in [1.165, 1.54) is 5.56 Å². The minimum atomic E-state index is -0.0836. The van der Waals surface area contributed by atoms with Gasteiger partial charge in [0.05, 0.1) is 12.6 Å². The molecule has 1 aromatic heterocycles. The van der Waals surface area contributed by atoms with Crippen molar-refractivity contribution in [1.29, 1.82) is 0 Å². The molecule has 1 aliphatic heterocycles. The van der Waals surface area contributed by atoms with Crippen LogP contribution in [0.4, 0.5) is 0 Å². The number of benzene rings is 1. The van der Waals surface area contributed by atoms with Crippen LogP contribution < -0.4 is 0 Å². The average molecular weight is 314 g/mol. The van der Waals surface area contributed by atoms with Gasteiger partial charge in [0.15, 0.2) is 0 Å². The fourth-order valence-electron chi connectivity index (χ4n) is 2.91. The van der Waals surface area contributed by atoms with Crippen molar-refractivity contribution in [1.82, 2.24) is 19.9 Å². The highest BCUT2D eigenvalue weighted by Gasteiger charge is 2.32. The number of aromatic nitrogens is 2. The summed E-state index contributed by atoms with van der Waals surface area (Å²) in [4.78, 5) is 20.5. The Morgan fingerprint density at radius 1 is 1.35 bits per heavy atom. The third-order valence-corrected chi connectivity index (χ3v) is 4.21. The fraction of sp³-hybridized carbons (Fsp3) is 0.471. The second-order valence-electron chi connectivity index (χ2n) is 6.24. The first-order chi connectivity index (χ1) is 11.0. The molecule has 0 radical (unpaired) electrons. The molecule has 1 saturated heterocycles.